The number of thioether (sulfide) groups is 1. The van der Waals surface area contributed by atoms with Crippen molar-refractivity contribution in [3.63, 3.8) is 0 Å². The molecule has 1 aromatic heterocycles. The molecule has 6 heteroatoms. The maximum Gasteiger partial charge on any atom is 0.274 e. The van der Waals surface area contributed by atoms with Gasteiger partial charge in [-0.15, -0.1) is 0 Å². The minimum atomic E-state index is -0.0752. The van der Waals surface area contributed by atoms with Gasteiger partial charge in [-0.25, -0.2) is 4.98 Å². The van der Waals surface area contributed by atoms with Gasteiger partial charge in [0.1, 0.15) is 11.5 Å². The zero-order valence-electron chi connectivity index (χ0n) is 12.0. The first-order valence-corrected chi connectivity index (χ1v) is 8.18. The molecule has 0 bridgehead atoms. The third-order valence-corrected chi connectivity index (χ3v) is 4.65. The molecule has 0 saturated carbocycles. The lowest BCUT2D eigenvalue weighted by atomic mass is 10.2. The Morgan fingerprint density at radius 1 is 1.45 bits per heavy atom. The van der Waals surface area contributed by atoms with E-state index in [4.69, 9.17) is 11.6 Å². The minimum Gasteiger partial charge on any atom is -0.370 e. The van der Waals surface area contributed by atoms with Crippen LogP contribution < -0.4 is 5.32 Å². The van der Waals surface area contributed by atoms with E-state index in [-0.39, 0.29) is 5.91 Å². The Morgan fingerprint density at radius 3 is 2.70 bits per heavy atom. The van der Waals surface area contributed by atoms with Crippen LogP contribution in [0.25, 0.3) is 0 Å². The van der Waals surface area contributed by atoms with Crippen LogP contribution in [0.3, 0.4) is 0 Å². The lowest BCUT2D eigenvalue weighted by Gasteiger charge is -2.34. The van der Waals surface area contributed by atoms with Crippen molar-refractivity contribution in [2.24, 2.45) is 0 Å². The molecule has 1 aliphatic heterocycles. The number of nitrogens with zero attached hydrogens (tertiary/aromatic N) is 2. The van der Waals surface area contributed by atoms with Crippen molar-refractivity contribution in [2.75, 3.05) is 25.0 Å². The van der Waals surface area contributed by atoms with Crippen LogP contribution in [0.1, 0.15) is 31.3 Å². The van der Waals surface area contributed by atoms with Crippen LogP contribution in [0.5, 0.6) is 0 Å². The van der Waals surface area contributed by atoms with Crippen molar-refractivity contribution in [2.45, 2.75) is 31.3 Å². The Labute approximate surface area is 129 Å². The van der Waals surface area contributed by atoms with Crippen molar-refractivity contribution in [3.05, 3.63) is 22.8 Å². The number of nitrogens with one attached hydrogen (secondary N) is 1. The SMILES string of the molecule is CCNc1ccc(Cl)c(C(=O)N2CC(C)SC(C)C2)n1. The highest BCUT2D eigenvalue weighted by molar-refractivity contribution is 8.00. The van der Waals surface area contributed by atoms with Crippen LogP contribution >= 0.6 is 23.4 Å². The summed E-state index contributed by atoms with van der Waals surface area (Å²) in [6, 6.07) is 3.52. The number of carbonyl (C=O) groups is 1. The van der Waals surface area contributed by atoms with Crippen LogP contribution in [-0.2, 0) is 0 Å². The number of aromatic nitrogens is 1. The normalized spacial score (nSPS) is 22.7. The van der Waals surface area contributed by atoms with Crippen LogP contribution in [0.4, 0.5) is 5.82 Å². The summed E-state index contributed by atoms with van der Waals surface area (Å²) in [5.41, 5.74) is 0.344. The Balaban J connectivity index is 2.21. The van der Waals surface area contributed by atoms with E-state index in [1.165, 1.54) is 0 Å². The van der Waals surface area contributed by atoms with Crippen LogP contribution in [-0.4, -0.2) is 45.9 Å². The molecule has 1 fully saturated rings. The van der Waals surface area contributed by atoms with Crippen LogP contribution in [0.15, 0.2) is 12.1 Å². The van der Waals surface area contributed by atoms with Gasteiger partial charge >= 0.3 is 0 Å². The third kappa shape index (κ3) is 3.58. The summed E-state index contributed by atoms with van der Waals surface area (Å²) in [6.07, 6.45) is 0. The number of hydrogen-bond donors (Lipinski definition) is 1. The molecule has 2 rings (SSSR count). The summed E-state index contributed by atoms with van der Waals surface area (Å²) in [6.45, 7) is 8.53. The molecule has 0 aliphatic carbocycles. The van der Waals surface area contributed by atoms with Gasteiger partial charge < -0.3 is 10.2 Å². The molecule has 0 spiro atoms. The van der Waals surface area contributed by atoms with Crippen molar-refractivity contribution in [1.29, 1.82) is 0 Å². The van der Waals surface area contributed by atoms with Crippen molar-refractivity contribution in [1.82, 2.24) is 9.88 Å². The van der Waals surface area contributed by atoms with Crippen molar-refractivity contribution >= 4 is 35.1 Å². The average Bonchev–Trinajstić information content (AvgIpc) is 2.39. The van der Waals surface area contributed by atoms with Gasteiger partial charge in [-0.1, -0.05) is 25.4 Å². The van der Waals surface area contributed by atoms with E-state index in [9.17, 15) is 4.79 Å². The first-order chi connectivity index (χ1) is 9.51. The summed E-state index contributed by atoms with van der Waals surface area (Å²) in [7, 11) is 0. The van der Waals surface area contributed by atoms with E-state index in [2.05, 4.69) is 24.1 Å². The molecule has 1 amide bonds. The number of halogens is 1. The molecule has 1 aromatic rings. The molecule has 0 radical (unpaired) electrons. The molecule has 2 atom stereocenters. The van der Waals surface area contributed by atoms with Crippen molar-refractivity contribution in [3.8, 4) is 0 Å². The maximum atomic E-state index is 12.6. The third-order valence-electron chi connectivity index (χ3n) is 3.11. The highest BCUT2D eigenvalue weighted by atomic mass is 35.5. The highest BCUT2D eigenvalue weighted by Gasteiger charge is 2.28. The standard InChI is InChI=1S/C14H20ClN3OS/c1-4-16-12-6-5-11(15)13(17-12)14(19)18-7-9(2)20-10(3)8-18/h5-6,9-10H,4,7-8H2,1-3H3,(H,16,17). The van der Waals surface area contributed by atoms with E-state index in [0.29, 0.717) is 27.0 Å². The zero-order valence-corrected chi connectivity index (χ0v) is 13.6. The van der Waals surface area contributed by atoms with Gasteiger partial charge in [-0.05, 0) is 19.1 Å². The fourth-order valence-corrected chi connectivity index (χ4v) is 3.88. The topological polar surface area (TPSA) is 45.2 Å². The first kappa shape index (κ1) is 15.4. The summed E-state index contributed by atoms with van der Waals surface area (Å²) >= 11 is 8.05. The number of pyridine rings is 1. The van der Waals surface area contributed by atoms with Gasteiger partial charge in [0.2, 0.25) is 0 Å². The summed E-state index contributed by atoms with van der Waals surface area (Å²) in [4.78, 5) is 18.8. The largest absolute Gasteiger partial charge is 0.370 e. The van der Waals surface area contributed by atoms with E-state index >= 15 is 0 Å². The second kappa shape index (κ2) is 6.68. The Hall–Kier alpha value is -0.940. The number of carbonyl (C=O) groups excluding carboxylic acids is 1. The molecule has 2 heterocycles. The quantitative estimate of drug-likeness (QED) is 0.931. The number of amides is 1. The molecular formula is C14H20ClN3OS. The second-order valence-electron chi connectivity index (χ2n) is 5.02. The molecular weight excluding hydrogens is 294 g/mol. The van der Waals surface area contributed by atoms with Gasteiger partial charge in [-0.2, -0.15) is 11.8 Å². The molecule has 1 aliphatic rings. The smallest absolute Gasteiger partial charge is 0.274 e. The Kier molecular flexibility index (Phi) is 5.16. The van der Waals surface area contributed by atoms with Crippen molar-refractivity contribution < 1.29 is 4.79 Å². The molecule has 1 N–H and O–H groups in total. The second-order valence-corrected chi connectivity index (χ2v) is 7.31. The summed E-state index contributed by atoms with van der Waals surface area (Å²) in [5, 5.41) is 4.40. The number of rotatable bonds is 3. The van der Waals surface area contributed by atoms with Gasteiger partial charge in [-0.3, -0.25) is 4.79 Å². The number of anilines is 1. The monoisotopic (exact) mass is 313 g/mol. The molecule has 0 aromatic carbocycles. The fourth-order valence-electron chi connectivity index (χ4n) is 2.37. The zero-order chi connectivity index (χ0) is 14.7. The first-order valence-electron chi connectivity index (χ1n) is 6.86. The van der Waals surface area contributed by atoms with Gasteiger partial charge in [0.25, 0.3) is 5.91 Å². The van der Waals surface area contributed by atoms with E-state index < -0.39 is 0 Å². The van der Waals surface area contributed by atoms with Gasteiger partial charge in [0, 0.05) is 30.1 Å². The van der Waals surface area contributed by atoms with Gasteiger partial charge in [0.05, 0.1) is 5.02 Å². The number of hydrogen-bond acceptors (Lipinski definition) is 4. The lowest BCUT2D eigenvalue weighted by molar-refractivity contribution is 0.0747. The molecule has 20 heavy (non-hydrogen) atoms. The predicted molar refractivity (Wildman–Crippen MR) is 85.8 cm³/mol. The van der Waals surface area contributed by atoms with E-state index in [0.717, 1.165) is 19.6 Å². The Bertz CT molecular complexity index is 487. The van der Waals surface area contributed by atoms with E-state index in [1.807, 2.05) is 23.6 Å². The molecule has 4 nitrogen and oxygen atoms in total. The summed E-state index contributed by atoms with van der Waals surface area (Å²) < 4.78 is 0. The molecule has 2 unspecified atom stereocenters. The maximum absolute atomic E-state index is 12.6. The minimum absolute atomic E-state index is 0.0752. The predicted octanol–water partition coefficient (Wildman–Crippen LogP) is 3.13. The molecule has 110 valence electrons. The lowest BCUT2D eigenvalue weighted by Crippen LogP contribution is -2.44. The summed E-state index contributed by atoms with van der Waals surface area (Å²) in [5.74, 6) is 0.612. The average molecular weight is 314 g/mol. The highest BCUT2D eigenvalue weighted by Crippen LogP contribution is 2.27. The molecule has 1 saturated heterocycles. The fraction of sp³-hybridized carbons (Fsp3) is 0.571. The van der Waals surface area contributed by atoms with Gasteiger partial charge in [0.15, 0.2) is 0 Å². The van der Waals surface area contributed by atoms with Crippen LogP contribution in [0, 0.1) is 0 Å². The van der Waals surface area contributed by atoms with E-state index in [1.54, 1.807) is 12.1 Å². The Morgan fingerprint density at radius 2 is 2.10 bits per heavy atom. The van der Waals surface area contributed by atoms with Crippen LogP contribution in [0.2, 0.25) is 5.02 Å².